The molecule has 0 heterocycles. The molecule has 0 aromatic heterocycles. The molecule has 0 amide bonds. The monoisotopic (exact) mass is 647 g/mol. The molecule has 0 fully saturated rings. The molecule has 0 aromatic rings. The summed E-state index contributed by atoms with van der Waals surface area (Å²) in [5.41, 5.74) is 6.06. The molecule has 0 saturated heterocycles. The summed E-state index contributed by atoms with van der Waals surface area (Å²) < 4.78 is 0. The van der Waals surface area contributed by atoms with Gasteiger partial charge in [0.2, 0.25) is 0 Å². The van der Waals surface area contributed by atoms with Crippen molar-refractivity contribution in [2.75, 3.05) is 0 Å². The fourth-order valence-electron chi connectivity index (χ4n) is 3.58. The molecule has 0 saturated carbocycles. The minimum atomic E-state index is -0.639. The summed E-state index contributed by atoms with van der Waals surface area (Å²) in [6.07, 6.45) is 6.31. The molecule has 0 rings (SSSR count). The van der Waals surface area contributed by atoms with Crippen LogP contribution < -0.4 is 0 Å². The second kappa shape index (κ2) is 23.0. The van der Waals surface area contributed by atoms with E-state index in [0.29, 0.717) is 5.57 Å². The Morgan fingerprint density at radius 3 is 0.786 bits per heavy atom. The van der Waals surface area contributed by atoms with Crippen LogP contribution in [-0.2, 0) is 15.4 Å². The van der Waals surface area contributed by atoms with Crippen LogP contribution in [0.3, 0.4) is 0 Å². The molecule has 0 atom stereocenters. The van der Waals surface area contributed by atoms with Gasteiger partial charge in [0.25, 0.3) is 0 Å². The van der Waals surface area contributed by atoms with Gasteiger partial charge < -0.3 is 6.42 Å². The van der Waals surface area contributed by atoms with Gasteiger partial charge >= 0.3 is 34.7 Å². The standard InChI is InChI=1S/2C9H21P.C5H5.2ClH.Os/c2*1-7(2)10(8(3)4)9(5)6;1-4-5(2)3;;;/h2*7-9H,1-6H3;2H2,3H3;2*1H;/q;;-1;;;+2/p-2. The molecule has 28 heavy (non-hydrogen) atoms. The molecule has 0 N–H and O–H groups in total. The van der Waals surface area contributed by atoms with E-state index < -0.39 is 15.4 Å². The molecule has 0 bridgehead atoms. The van der Waals surface area contributed by atoms with E-state index >= 15 is 0 Å². The van der Waals surface area contributed by atoms with E-state index in [1.54, 1.807) is 6.92 Å². The predicted molar refractivity (Wildman–Crippen MR) is 138 cm³/mol. The van der Waals surface area contributed by atoms with Gasteiger partial charge in [-0.1, -0.05) is 98.9 Å². The summed E-state index contributed by atoms with van der Waals surface area (Å²) in [5, 5.41) is 0. The van der Waals surface area contributed by atoms with Crippen LogP contribution in [0.5, 0.6) is 0 Å². The SMILES string of the molecule is CC(C)P(C(C)C)C(C)C.CC(C)P(C(C)C)C(C)C.[C-]#CC(=C)C.[Cl][Os][Cl]. The Balaban J connectivity index is -0.000000150. The summed E-state index contributed by atoms with van der Waals surface area (Å²) in [6, 6.07) is 0. The zero-order valence-corrected chi connectivity index (χ0v) is 26.5. The Kier molecular flexibility index (Phi) is 30.2. The molecule has 172 valence electrons. The third-order valence-electron chi connectivity index (χ3n) is 3.79. The van der Waals surface area contributed by atoms with Crippen LogP contribution in [0, 0.1) is 12.3 Å². The Hall–Kier alpha value is 1.38. The van der Waals surface area contributed by atoms with Crippen molar-refractivity contribution in [3.8, 4) is 5.92 Å². The molecular weight excluding hydrogens is 599 g/mol. The van der Waals surface area contributed by atoms with Crippen LogP contribution >= 0.6 is 35.1 Å². The number of allylic oxidation sites excluding steroid dienone is 1. The van der Waals surface area contributed by atoms with Crippen molar-refractivity contribution in [1.82, 2.24) is 0 Å². The predicted octanol–water partition coefficient (Wildman–Crippen LogP) is 9.92. The fraction of sp³-hybridized carbons (Fsp3) is 0.826. The van der Waals surface area contributed by atoms with Gasteiger partial charge in [0.05, 0.1) is 0 Å². The van der Waals surface area contributed by atoms with E-state index in [9.17, 15) is 0 Å². The summed E-state index contributed by atoms with van der Waals surface area (Å²) >= 11 is -0.639. The second-order valence-corrected chi connectivity index (χ2v) is 20.1. The summed E-state index contributed by atoms with van der Waals surface area (Å²) in [6.45, 7) is 33.3. The van der Waals surface area contributed by atoms with Gasteiger partial charge in [-0.3, -0.25) is 5.92 Å². The van der Waals surface area contributed by atoms with Gasteiger partial charge in [-0.2, -0.15) is 12.2 Å². The Bertz CT molecular complexity index is 325. The number of halogens is 2. The summed E-state index contributed by atoms with van der Waals surface area (Å²) in [7, 11) is 10.3. The quantitative estimate of drug-likeness (QED) is 0.153. The molecule has 0 radical (unpaired) electrons. The van der Waals surface area contributed by atoms with Crippen LogP contribution in [0.25, 0.3) is 0 Å². The van der Waals surface area contributed by atoms with E-state index in [1.807, 2.05) is 0 Å². The van der Waals surface area contributed by atoms with Crippen molar-refractivity contribution in [2.24, 2.45) is 0 Å². The van der Waals surface area contributed by atoms with Gasteiger partial charge in [0.15, 0.2) is 0 Å². The van der Waals surface area contributed by atoms with Crippen LogP contribution in [-0.4, -0.2) is 34.0 Å². The van der Waals surface area contributed by atoms with Crippen molar-refractivity contribution in [1.29, 1.82) is 0 Å². The molecular formula is C23H47Cl2OsP2-. The fourth-order valence-corrected chi connectivity index (χ4v) is 10.7. The van der Waals surface area contributed by atoms with E-state index in [2.05, 4.69) is 95.6 Å². The van der Waals surface area contributed by atoms with Crippen LogP contribution in [0.1, 0.15) is 90.0 Å². The van der Waals surface area contributed by atoms with E-state index in [4.69, 9.17) is 25.7 Å². The zero-order valence-electron chi connectivity index (χ0n) is 20.7. The number of hydrogen-bond acceptors (Lipinski definition) is 0. The second-order valence-electron chi connectivity index (χ2n) is 8.41. The van der Waals surface area contributed by atoms with Gasteiger partial charge in [-0.25, -0.2) is 0 Å². The van der Waals surface area contributed by atoms with Crippen molar-refractivity contribution < 1.29 is 15.4 Å². The van der Waals surface area contributed by atoms with Crippen molar-refractivity contribution in [3.63, 3.8) is 0 Å². The molecule has 0 nitrogen and oxygen atoms in total. The number of hydrogen-bond donors (Lipinski definition) is 0. The molecule has 0 aliphatic rings. The third kappa shape index (κ3) is 25.4. The normalized spacial score (nSPS) is 10.8. The Morgan fingerprint density at radius 2 is 0.786 bits per heavy atom. The average Bonchev–Trinajstić information content (AvgIpc) is 2.46. The van der Waals surface area contributed by atoms with Gasteiger partial charge in [0, 0.05) is 0 Å². The average molecular weight is 647 g/mol. The molecule has 0 aliphatic carbocycles. The Morgan fingerprint density at radius 1 is 0.679 bits per heavy atom. The first-order chi connectivity index (χ1) is 12.6. The van der Waals surface area contributed by atoms with Crippen LogP contribution in [0.15, 0.2) is 12.2 Å². The first-order valence-electron chi connectivity index (χ1n) is 10.1. The third-order valence-corrected chi connectivity index (χ3v) is 10.9. The maximum absolute atomic E-state index is 6.31. The van der Waals surface area contributed by atoms with E-state index in [0.717, 1.165) is 34.0 Å². The molecule has 0 aromatic carbocycles. The molecule has 0 spiro atoms. The van der Waals surface area contributed by atoms with Crippen LogP contribution in [0.4, 0.5) is 0 Å². The van der Waals surface area contributed by atoms with Crippen LogP contribution in [0.2, 0.25) is 0 Å². The van der Waals surface area contributed by atoms with Crippen molar-refractivity contribution >= 4 is 35.1 Å². The number of rotatable bonds is 6. The summed E-state index contributed by atoms with van der Waals surface area (Å²) in [5.74, 6) is 2.08. The first kappa shape index (κ1) is 36.7. The topological polar surface area (TPSA) is 0 Å². The van der Waals surface area contributed by atoms with Gasteiger partial charge in [-0.05, 0) is 34.0 Å². The molecule has 5 heteroatoms. The van der Waals surface area contributed by atoms with Crippen molar-refractivity contribution in [3.05, 3.63) is 18.6 Å². The molecule has 0 aliphatic heterocycles. The van der Waals surface area contributed by atoms with Gasteiger partial charge in [-0.15, -0.1) is 6.92 Å². The Labute approximate surface area is 198 Å². The van der Waals surface area contributed by atoms with E-state index in [-0.39, 0.29) is 15.8 Å². The van der Waals surface area contributed by atoms with Gasteiger partial charge in [0.1, 0.15) is 0 Å². The molecule has 0 unspecified atom stereocenters. The zero-order chi connectivity index (χ0) is 23.6. The summed E-state index contributed by atoms with van der Waals surface area (Å²) in [4.78, 5) is 0. The first-order valence-corrected chi connectivity index (χ1v) is 19.5. The minimum absolute atomic E-state index is 0.262. The van der Waals surface area contributed by atoms with E-state index in [1.165, 1.54) is 0 Å². The maximum atomic E-state index is 6.31. The van der Waals surface area contributed by atoms with Crippen molar-refractivity contribution in [2.45, 2.75) is 124 Å².